The lowest BCUT2D eigenvalue weighted by Crippen LogP contribution is -2.61. The van der Waals surface area contributed by atoms with Gasteiger partial charge in [0, 0.05) is 19.1 Å². The zero-order valence-electron chi connectivity index (χ0n) is 16.1. The maximum Gasteiger partial charge on any atom is 0.495 e. The normalized spacial score (nSPS) is 33.0. The fourth-order valence-electron chi connectivity index (χ4n) is 3.72. The van der Waals surface area contributed by atoms with Crippen LogP contribution in [0.15, 0.2) is 24.3 Å². The van der Waals surface area contributed by atoms with E-state index in [-0.39, 0.29) is 23.9 Å². The summed E-state index contributed by atoms with van der Waals surface area (Å²) in [5.41, 5.74) is 1.69. The number of likely N-dealkylation sites (N-methyl/N-ethyl adjacent to an activating group) is 1. The number of nitrogens with zero attached hydrogens (tertiary/aromatic N) is 1. The zero-order chi connectivity index (χ0) is 17.8. The van der Waals surface area contributed by atoms with E-state index in [4.69, 9.17) is 9.31 Å². The summed E-state index contributed by atoms with van der Waals surface area (Å²) in [6.07, 6.45) is 0. The molecule has 1 N–H and O–H groups in total. The van der Waals surface area contributed by atoms with Crippen molar-refractivity contribution in [2.75, 3.05) is 20.1 Å². The van der Waals surface area contributed by atoms with Crippen LogP contribution in [0.5, 0.6) is 0 Å². The monoisotopic (exact) mass is 330 g/mol. The highest BCUT2D eigenvalue weighted by Crippen LogP contribution is 2.38. The van der Waals surface area contributed by atoms with Gasteiger partial charge in [-0.15, -0.1) is 0 Å². The summed E-state index contributed by atoms with van der Waals surface area (Å²) in [4.78, 5) is 2.47. The van der Waals surface area contributed by atoms with Crippen LogP contribution in [-0.4, -0.2) is 49.4 Å². The molecule has 0 aromatic heterocycles. The Hall–Kier alpha value is -0.875. The minimum absolute atomic E-state index is 0.0855. The molecule has 0 spiro atoms. The van der Waals surface area contributed by atoms with Crippen molar-refractivity contribution < 1.29 is 9.31 Å². The number of hydrogen-bond acceptors (Lipinski definition) is 4. The molecule has 0 bridgehead atoms. The number of piperazine rings is 1. The highest BCUT2D eigenvalue weighted by Gasteiger charge is 2.53. The molecule has 2 unspecified atom stereocenters. The second kappa shape index (κ2) is 5.84. The molecule has 2 fully saturated rings. The summed E-state index contributed by atoms with van der Waals surface area (Å²) in [6, 6.07) is 9.04. The van der Waals surface area contributed by atoms with Crippen LogP contribution < -0.4 is 10.8 Å². The first kappa shape index (κ1) is 17.9. The Balaban J connectivity index is 2.01. The van der Waals surface area contributed by atoms with E-state index in [1.807, 2.05) is 0 Å². The third kappa shape index (κ3) is 2.72. The molecule has 132 valence electrons. The van der Waals surface area contributed by atoms with Crippen LogP contribution in [-0.2, 0) is 14.8 Å². The molecule has 5 heteroatoms. The molecule has 2 atom stereocenters. The van der Waals surface area contributed by atoms with E-state index >= 15 is 0 Å². The first-order chi connectivity index (χ1) is 11.1. The topological polar surface area (TPSA) is 33.7 Å². The highest BCUT2D eigenvalue weighted by atomic mass is 16.7. The standard InChI is InChI=1S/C19H31BN2O2/c1-14-12-21-13-19(6,22(14)7)15-10-8-9-11-16(15)20-23-17(2,3)18(4,5)24-20/h8-11,14,21H,12-13H2,1-7H3. The van der Waals surface area contributed by atoms with Crippen LogP contribution in [0.1, 0.15) is 47.1 Å². The summed E-state index contributed by atoms with van der Waals surface area (Å²) >= 11 is 0. The van der Waals surface area contributed by atoms with Crippen molar-refractivity contribution in [3.63, 3.8) is 0 Å². The summed E-state index contributed by atoms with van der Waals surface area (Å²) in [7, 11) is 1.89. The Morgan fingerprint density at radius 1 is 1.08 bits per heavy atom. The van der Waals surface area contributed by atoms with Crippen molar-refractivity contribution in [1.82, 2.24) is 10.2 Å². The van der Waals surface area contributed by atoms with Gasteiger partial charge in [0.05, 0.1) is 16.7 Å². The molecule has 2 heterocycles. The molecule has 2 aliphatic rings. The van der Waals surface area contributed by atoms with E-state index in [0.717, 1.165) is 18.6 Å². The molecule has 0 radical (unpaired) electrons. The summed E-state index contributed by atoms with van der Waals surface area (Å²) in [6.45, 7) is 14.9. The van der Waals surface area contributed by atoms with Gasteiger partial charge in [-0.05, 0) is 59.6 Å². The Labute approximate surface area is 147 Å². The van der Waals surface area contributed by atoms with Gasteiger partial charge in [-0.25, -0.2) is 0 Å². The lowest BCUT2D eigenvalue weighted by Gasteiger charge is -2.48. The van der Waals surface area contributed by atoms with Gasteiger partial charge in [0.25, 0.3) is 0 Å². The molecule has 1 aromatic rings. The largest absolute Gasteiger partial charge is 0.495 e. The van der Waals surface area contributed by atoms with Gasteiger partial charge in [0.1, 0.15) is 0 Å². The van der Waals surface area contributed by atoms with E-state index in [0.29, 0.717) is 6.04 Å². The maximum absolute atomic E-state index is 6.33. The van der Waals surface area contributed by atoms with Gasteiger partial charge in [-0.1, -0.05) is 24.3 Å². The molecule has 0 saturated carbocycles. The summed E-state index contributed by atoms with van der Waals surface area (Å²) in [5.74, 6) is 0. The Morgan fingerprint density at radius 2 is 1.67 bits per heavy atom. The molecule has 2 aliphatic heterocycles. The average molecular weight is 330 g/mol. The van der Waals surface area contributed by atoms with E-state index in [2.05, 4.69) is 83.1 Å². The van der Waals surface area contributed by atoms with E-state index in [9.17, 15) is 0 Å². The minimum Gasteiger partial charge on any atom is -0.399 e. The molecule has 24 heavy (non-hydrogen) atoms. The fraction of sp³-hybridized carbons (Fsp3) is 0.684. The molecule has 0 aliphatic carbocycles. The Bertz CT molecular complexity index is 603. The Kier molecular flexibility index (Phi) is 4.36. The molecule has 4 nitrogen and oxygen atoms in total. The van der Waals surface area contributed by atoms with Crippen LogP contribution in [0.3, 0.4) is 0 Å². The first-order valence-electron chi connectivity index (χ1n) is 8.97. The van der Waals surface area contributed by atoms with E-state index in [1.165, 1.54) is 5.56 Å². The van der Waals surface area contributed by atoms with Gasteiger partial charge >= 0.3 is 7.12 Å². The third-order valence-electron chi connectivity index (χ3n) is 6.40. The Morgan fingerprint density at radius 3 is 2.29 bits per heavy atom. The smallest absolute Gasteiger partial charge is 0.399 e. The quantitative estimate of drug-likeness (QED) is 0.843. The van der Waals surface area contributed by atoms with Crippen molar-refractivity contribution in [3.8, 4) is 0 Å². The lowest BCUT2D eigenvalue weighted by atomic mass is 9.70. The summed E-state index contributed by atoms with van der Waals surface area (Å²) in [5, 5.41) is 3.58. The van der Waals surface area contributed by atoms with Gasteiger partial charge < -0.3 is 14.6 Å². The van der Waals surface area contributed by atoms with E-state index < -0.39 is 0 Å². The van der Waals surface area contributed by atoms with Gasteiger partial charge in [0.2, 0.25) is 0 Å². The van der Waals surface area contributed by atoms with Crippen LogP contribution in [0.4, 0.5) is 0 Å². The summed E-state index contributed by atoms with van der Waals surface area (Å²) < 4.78 is 12.7. The lowest BCUT2D eigenvalue weighted by molar-refractivity contribution is 0.00578. The maximum atomic E-state index is 6.33. The average Bonchev–Trinajstić information content (AvgIpc) is 2.73. The second-order valence-electron chi connectivity index (χ2n) is 8.54. The van der Waals surface area contributed by atoms with Crippen molar-refractivity contribution in [2.45, 2.75) is 64.3 Å². The fourth-order valence-corrected chi connectivity index (χ4v) is 3.72. The second-order valence-corrected chi connectivity index (χ2v) is 8.54. The van der Waals surface area contributed by atoms with Crippen molar-refractivity contribution in [2.24, 2.45) is 0 Å². The van der Waals surface area contributed by atoms with Crippen LogP contribution >= 0.6 is 0 Å². The number of nitrogens with one attached hydrogen (secondary N) is 1. The van der Waals surface area contributed by atoms with Crippen LogP contribution in [0.25, 0.3) is 0 Å². The molecular weight excluding hydrogens is 299 g/mol. The minimum atomic E-state index is -0.325. The van der Waals surface area contributed by atoms with Gasteiger partial charge in [-0.2, -0.15) is 0 Å². The highest BCUT2D eigenvalue weighted by molar-refractivity contribution is 6.62. The molecule has 1 aromatic carbocycles. The van der Waals surface area contributed by atoms with E-state index in [1.54, 1.807) is 0 Å². The van der Waals surface area contributed by atoms with Crippen molar-refractivity contribution >= 4 is 12.6 Å². The van der Waals surface area contributed by atoms with Crippen LogP contribution in [0, 0.1) is 0 Å². The predicted molar refractivity (Wildman–Crippen MR) is 99.6 cm³/mol. The molecule has 0 amide bonds. The van der Waals surface area contributed by atoms with Gasteiger partial charge in [0.15, 0.2) is 0 Å². The molecule has 2 saturated heterocycles. The van der Waals surface area contributed by atoms with Crippen LogP contribution in [0.2, 0.25) is 0 Å². The predicted octanol–water partition coefficient (Wildman–Crippen LogP) is 2.12. The zero-order valence-corrected chi connectivity index (χ0v) is 16.1. The number of hydrogen-bond donors (Lipinski definition) is 1. The van der Waals surface area contributed by atoms with Gasteiger partial charge in [-0.3, -0.25) is 4.90 Å². The SMILES string of the molecule is CC1CNCC(C)(c2ccccc2B2OC(C)(C)C(C)(C)O2)N1C. The van der Waals surface area contributed by atoms with Crippen molar-refractivity contribution in [1.29, 1.82) is 0 Å². The molecular formula is C19H31BN2O2. The number of benzene rings is 1. The third-order valence-corrected chi connectivity index (χ3v) is 6.40. The van der Waals surface area contributed by atoms with Crippen molar-refractivity contribution in [3.05, 3.63) is 29.8 Å². The number of rotatable bonds is 2. The first-order valence-corrected chi connectivity index (χ1v) is 8.97. The molecule has 3 rings (SSSR count).